The van der Waals surface area contributed by atoms with Gasteiger partial charge in [0.25, 0.3) is 0 Å². The van der Waals surface area contributed by atoms with Gasteiger partial charge in [-0.3, -0.25) is 0 Å². The first-order valence-corrected chi connectivity index (χ1v) is 5.25. The standard InChI is InChI=1S/C13H12N4/c1-14-15-12-7-9-13(10-8-12)17-16-11-5-3-2-4-6-11/h2-10H,1H3/b15-14+,17-16+. The normalized spacial score (nSPS) is 11.4. The minimum absolute atomic E-state index is 0.795. The third-order valence-electron chi connectivity index (χ3n) is 2.10. The molecule has 0 heterocycles. The van der Waals surface area contributed by atoms with Gasteiger partial charge in [-0.2, -0.15) is 20.5 Å². The van der Waals surface area contributed by atoms with E-state index in [2.05, 4.69) is 20.5 Å². The summed E-state index contributed by atoms with van der Waals surface area (Å²) in [5.74, 6) is 0. The molecule has 17 heavy (non-hydrogen) atoms. The van der Waals surface area contributed by atoms with Gasteiger partial charge in [-0.05, 0) is 36.4 Å². The predicted octanol–water partition coefficient (Wildman–Crippen LogP) is 4.82. The molecule has 0 spiro atoms. The Morgan fingerprint density at radius 1 is 0.588 bits per heavy atom. The summed E-state index contributed by atoms with van der Waals surface area (Å²) >= 11 is 0. The second-order valence-corrected chi connectivity index (χ2v) is 3.35. The van der Waals surface area contributed by atoms with Gasteiger partial charge in [0.2, 0.25) is 0 Å². The van der Waals surface area contributed by atoms with Crippen LogP contribution in [0.3, 0.4) is 0 Å². The van der Waals surface area contributed by atoms with Gasteiger partial charge >= 0.3 is 0 Å². The third-order valence-corrected chi connectivity index (χ3v) is 2.10. The van der Waals surface area contributed by atoms with Crippen LogP contribution in [0.5, 0.6) is 0 Å². The lowest BCUT2D eigenvalue weighted by Gasteiger charge is -1.94. The fourth-order valence-electron chi connectivity index (χ4n) is 1.31. The van der Waals surface area contributed by atoms with Gasteiger partial charge in [0.1, 0.15) is 0 Å². The van der Waals surface area contributed by atoms with Gasteiger partial charge in [0.15, 0.2) is 0 Å². The van der Waals surface area contributed by atoms with Crippen LogP contribution in [0.1, 0.15) is 0 Å². The van der Waals surface area contributed by atoms with E-state index < -0.39 is 0 Å². The van der Waals surface area contributed by atoms with E-state index >= 15 is 0 Å². The molecule has 0 aromatic heterocycles. The number of benzene rings is 2. The van der Waals surface area contributed by atoms with Gasteiger partial charge in [0.05, 0.1) is 17.1 Å². The Labute approximate surface area is 99.7 Å². The molecule has 0 fully saturated rings. The van der Waals surface area contributed by atoms with Crippen molar-refractivity contribution in [1.29, 1.82) is 0 Å². The van der Waals surface area contributed by atoms with E-state index in [9.17, 15) is 0 Å². The van der Waals surface area contributed by atoms with Crippen molar-refractivity contribution in [2.75, 3.05) is 7.05 Å². The Balaban J connectivity index is 2.11. The summed E-state index contributed by atoms with van der Waals surface area (Å²) < 4.78 is 0. The Bertz CT molecular complexity index is 515. The van der Waals surface area contributed by atoms with Gasteiger partial charge in [-0.1, -0.05) is 18.2 Å². The fourth-order valence-corrected chi connectivity index (χ4v) is 1.31. The molecule has 4 heteroatoms. The highest BCUT2D eigenvalue weighted by molar-refractivity contribution is 5.47. The molecule has 84 valence electrons. The van der Waals surface area contributed by atoms with Gasteiger partial charge in [0, 0.05) is 7.05 Å². The van der Waals surface area contributed by atoms with Crippen molar-refractivity contribution < 1.29 is 0 Å². The molecular formula is C13H12N4. The summed E-state index contributed by atoms with van der Waals surface area (Å²) in [5.41, 5.74) is 2.44. The van der Waals surface area contributed by atoms with Gasteiger partial charge < -0.3 is 0 Å². The second-order valence-electron chi connectivity index (χ2n) is 3.35. The van der Waals surface area contributed by atoms with Crippen molar-refractivity contribution in [2.24, 2.45) is 20.5 Å². The first-order valence-electron chi connectivity index (χ1n) is 5.25. The lowest BCUT2D eigenvalue weighted by Crippen LogP contribution is -1.65. The molecule has 0 amide bonds. The monoisotopic (exact) mass is 224 g/mol. The van der Waals surface area contributed by atoms with Gasteiger partial charge in [-0.15, -0.1) is 0 Å². The van der Waals surface area contributed by atoms with Crippen LogP contribution in [0.2, 0.25) is 0 Å². The van der Waals surface area contributed by atoms with Crippen LogP contribution in [-0.4, -0.2) is 7.05 Å². The molecule has 0 aliphatic rings. The Hall–Kier alpha value is -2.36. The molecule has 0 aliphatic heterocycles. The lowest BCUT2D eigenvalue weighted by molar-refractivity contribution is 1.16. The molecule has 2 aromatic carbocycles. The molecule has 0 N–H and O–H groups in total. The van der Waals surface area contributed by atoms with Crippen molar-refractivity contribution in [1.82, 2.24) is 0 Å². The molecule has 0 bridgehead atoms. The van der Waals surface area contributed by atoms with E-state index in [0.717, 1.165) is 17.1 Å². The van der Waals surface area contributed by atoms with Crippen LogP contribution >= 0.6 is 0 Å². The summed E-state index contributed by atoms with van der Waals surface area (Å²) in [6.07, 6.45) is 0. The molecule has 2 aromatic rings. The Morgan fingerprint density at radius 2 is 1.06 bits per heavy atom. The van der Waals surface area contributed by atoms with Crippen molar-refractivity contribution >= 4 is 17.1 Å². The highest BCUT2D eigenvalue weighted by Crippen LogP contribution is 2.21. The van der Waals surface area contributed by atoms with E-state index in [-0.39, 0.29) is 0 Å². The van der Waals surface area contributed by atoms with E-state index in [0.29, 0.717) is 0 Å². The van der Waals surface area contributed by atoms with Crippen LogP contribution < -0.4 is 0 Å². The molecule has 0 radical (unpaired) electrons. The SMILES string of the molecule is C/N=N/c1ccc(/N=N/c2ccccc2)cc1. The third kappa shape index (κ3) is 3.31. The minimum atomic E-state index is 0.795. The van der Waals surface area contributed by atoms with Gasteiger partial charge in [-0.25, -0.2) is 0 Å². The molecule has 0 saturated heterocycles. The first-order chi connectivity index (χ1) is 8.38. The van der Waals surface area contributed by atoms with Crippen LogP contribution in [0.15, 0.2) is 75.1 Å². The van der Waals surface area contributed by atoms with Crippen molar-refractivity contribution in [3.8, 4) is 0 Å². The smallest absolute Gasteiger partial charge is 0.0858 e. The molecule has 0 unspecified atom stereocenters. The zero-order chi connectivity index (χ0) is 11.9. The van der Waals surface area contributed by atoms with Crippen molar-refractivity contribution in [2.45, 2.75) is 0 Å². The Kier molecular flexibility index (Phi) is 3.70. The summed E-state index contributed by atoms with van der Waals surface area (Å²) in [4.78, 5) is 0. The quantitative estimate of drug-likeness (QED) is 0.671. The lowest BCUT2D eigenvalue weighted by atomic mass is 10.3. The molecular weight excluding hydrogens is 212 g/mol. The van der Waals surface area contributed by atoms with Crippen molar-refractivity contribution in [3.05, 3.63) is 54.6 Å². The maximum absolute atomic E-state index is 4.13. The maximum atomic E-state index is 4.13. The molecule has 4 nitrogen and oxygen atoms in total. The predicted molar refractivity (Wildman–Crippen MR) is 67.5 cm³/mol. The number of hydrogen-bond acceptors (Lipinski definition) is 4. The van der Waals surface area contributed by atoms with Crippen LogP contribution in [-0.2, 0) is 0 Å². The van der Waals surface area contributed by atoms with E-state index in [4.69, 9.17) is 0 Å². The summed E-state index contributed by atoms with van der Waals surface area (Å²) in [5, 5.41) is 15.9. The number of azo groups is 2. The zero-order valence-corrected chi connectivity index (χ0v) is 9.49. The largest absolute Gasteiger partial charge is 0.192 e. The topological polar surface area (TPSA) is 49.4 Å². The summed E-state index contributed by atoms with van der Waals surface area (Å²) in [6, 6.07) is 17.0. The van der Waals surface area contributed by atoms with E-state index in [1.54, 1.807) is 7.05 Å². The maximum Gasteiger partial charge on any atom is 0.0858 e. The average molecular weight is 224 g/mol. The fraction of sp³-hybridized carbons (Fsp3) is 0.0769. The Morgan fingerprint density at radius 3 is 1.59 bits per heavy atom. The minimum Gasteiger partial charge on any atom is -0.192 e. The van der Waals surface area contributed by atoms with Crippen LogP contribution in [0.4, 0.5) is 17.1 Å². The highest BCUT2D eigenvalue weighted by atomic mass is 15.1. The summed E-state index contributed by atoms with van der Waals surface area (Å²) in [6.45, 7) is 0. The number of nitrogens with zero attached hydrogens (tertiary/aromatic N) is 4. The zero-order valence-electron chi connectivity index (χ0n) is 9.49. The second kappa shape index (κ2) is 5.65. The first kappa shape index (κ1) is 11.1. The number of hydrogen-bond donors (Lipinski definition) is 0. The molecule has 0 saturated carbocycles. The van der Waals surface area contributed by atoms with Crippen molar-refractivity contribution in [3.63, 3.8) is 0 Å². The number of rotatable bonds is 3. The molecule has 0 aliphatic carbocycles. The van der Waals surface area contributed by atoms with E-state index in [1.807, 2.05) is 54.6 Å². The molecule has 2 rings (SSSR count). The average Bonchev–Trinajstić information content (AvgIpc) is 2.40. The summed E-state index contributed by atoms with van der Waals surface area (Å²) in [7, 11) is 1.64. The van der Waals surface area contributed by atoms with Crippen LogP contribution in [0, 0.1) is 0 Å². The van der Waals surface area contributed by atoms with E-state index in [1.165, 1.54) is 0 Å². The van der Waals surface area contributed by atoms with Crippen LogP contribution in [0.25, 0.3) is 0 Å². The highest BCUT2D eigenvalue weighted by Gasteiger charge is 1.91. The molecule has 0 atom stereocenters.